The third kappa shape index (κ3) is 3.22. The van der Waals surface area contributed by atoms with Crippen LogP contribution >= 0.6 is 15.9 Å². The lowest BCUT2D eigenvalue weighted by Crippen LogP contribution is -2.19. The molecule has 2 rings (SSSR count). The highest BCUT2D eigenvalue weighted by Gasteiger charge is 2.18. The molecule has 1 atom stereocenters. The van der Waals surface area contributed by atoms with Crippen LogP contribution in [0, 0.1) is 6.92 Å². The van der Waals surface area contributed by atoms with Gasteiger partial charge in [-0.05, 0) is 38.6 Å². The Morgan fingerprint density at radius 1 is 1.15 bits per heavy atom. The summed E-state index contributed by atoms with van der Waals surface area (Å²) in [5.74, 6) is 0.933. The molecule has 0 heterocycles. The quantitative estimate of drug-likeness (QED) is 0.871. The van der Waals surface area contributed by atoms with E-state index in [1.807, 2.05) is 32.2 Å². The van der Waals surface area contributed by atoms with Gasteiger partial charge in [0.15, 0.2) is 0 Å². The Hall–Kier alpha value is -1.32. The molecule has 0 bridgehead atoms. The zero-order valence-electron chi connectivity index (χ0n) is 12.1. The number of hydrogen-bond acceptors (Lipinski definition) is 2. The van der Waals surface area contributed by atoms with Gasteiger partial charge in [-0.15, -0.1) is 0 Å². The number of para-hydroxylation sites is 1. The molecule has 0 spiro atoms. The fraction of sp³-hybridized carbons (Fsp3) is 0.294. The Balaban J connectivity index is 2.49. The van der Waals surface area contributed by atoms with Crippen molar-refractivity contribution in [3.8, 4) is 5.75 Å². The summed E-state index contributed by atoms with van der Waals surface area (Å²) in [6.07, 6.45) is 0. The minimum Gasteiger partial charge on any atom is -0.494 e. The number of halogens is 1. The van der Waals surface area contributed by atoms with Gasteiger partial charge in [0.25, 0.3) is 0 Å². The fourth-order valence-electron chi connectivity index (χ4n) is 2.37. The van der Waals surface area contributed by atoms with E-state index in [1.165, 1.54) is 11.1 Å². The minimum atomic E-state index is 0.104. The molecule has 0 amide bonds. The van der Waals surface area contributed by atoms with Crippen LogP contribution in [-0.4, -0.2) is 13.7 Å². The van der Waals surface area contributed by atoms with Crippen LogP contribution in [-0.2, 0) is 0 Å². The highest BCUT2D eigenvalue weighted by Crippen LogP contribution is 2.34. The maximum absolute atomic E-state index is 5.76. The topological polar surface area (TPSA) is 21.3 Å². The Bertz CT molecular complexity index is 583. The monoisotopic (exact) mass is 333 g/mol. The van der Waals surface area contributed by atoms with E-state index in [0.29, 0.717) is 6.61 Å². The van der Waals surface area contributed by atoms with Crippen LogP contribution < -0.4 is 10.1 Å². The smallest absolute Gasteiger partial charge is 0.124 e. The average molecular weight is 334 g/mol. The molecule has 2 nitrogen and oxygen atoms in total. The highest BCUT2D eigenvalue weighted by molar-refractivity contribution is 9.10. The molecule has 3 heteroatoms. The van der Waals surface area contributed by atoms with E-state index >= 15 is 0 Å². The zero-order valence-corrected chi connectivity index (χ0v) is 13.7. The fourth-order valence-corrected chi connectivity index (χ4v) is 2.84. The lowest BCUT2D eigenvalue weighted by molar-refractivity contribution is 0.334. The van der Waals surface area contributed by atoms with Gasteiger partial charge in [0, 0.05) is 10.0 Å². The Morgan fingerprint density at radius 2 is 1.90 bits per heavy atom. The van der Waals surface area contributed by atoms with Crippen molar-refractivity contribution in [1.82, 2.24) is 5.32 Å². The van der Waals surface area contributed by atoms with Crippen molar-refractivity contribution in [2.45, 2.75) is 19.9 Å². The second-order valence-corrected chi connectivity index (χ2v) is 5.57. The first kappa shape index (κ1) is 15.1. The van der Waals surface area contributed by atoms with Crippen LogP contribution in [0.15, 0.2) is 46.9 Å². The van der Waals surface area contributed by atoms with Crippen molar-refractivity contribution in [2.75, 3.05) is 13.7 Å². The summed E-state index contributed by atoms with van der Waals surface area (Å²) in [6.45, 7) is 4.79. The van der Waals surface area contributed by atoms with Crippen molar-refractivity contribution >= 4 is 15.9 Å². The van der Waals surface area contributed by atoms with Crippen LogP contribution in [0.3, 0.4) is 0 Å². The maximum atomic E-state index is 5.76. The lowest BCUT2D eigenvalue weighted by Gasteiger charge is -2.22. The summed E-state index contributed by atoms with van der Waals surface area (Å²) in [7, 11) is 1.97. The molecule has 0 saturated heterocycles. The van der Waals surface area contributed by atoms with Gasteiger partial charge in [-0.3, -0.25) is 0 Å². The summed E-state index contributed by atoms with van der Waals surface area (Å²) in [5, 5.41) is 3.39. The Morgan fingerprint density at radius 3 is 2.60 bits per heavy atom. The lowest BCUT2D eigenvalue weighted by atomic mass is 9.96. The first-order valence-corrected chi connectivity index (χ1v) is 7.61. The standard InChI is InChI=1S/C17H20BrNO/c1-4-20-16-8-6-5-7-13(16)17(19-3)14-11-12(2)9-10-15(14)18/h5-11,17,19H,4H2,1-3H3. The molecule has 0 aromatic heterocycles. The first-order valence-electron chi connectivity index (χ1n) is 6.82. The zero-order chi connectivity index (χ0) is 14.5. The molecule has 106 valence electrons. The molecular formula is C17H20BrNO. The van der Waals surface area contributed by atoms with E-state index in [-0.39, 0.29) is 6.04 Å². The van der Waals surface area contributed by atoms with Crippen molar-refractivity contribution in [3.05, 3.63) is 63.6 Å². The van der Waals surface area contributed by atoms with Crippen LogP contribution in [0.2, 0.25) is 0 Å². The summed E-state index contributed by atoms with van der Waals surface area (Å²) in [5.41, 5.74) is 3.63. The highest BCUT2D eigenvalue weighted by atomic mass is 79.9. The van der Waals surface area contributed by atoms with E-state index in [0.717, 1.165) is 15.8 Å². The number of nitrogens with one attached hydrogen (secondary N) is 1. The third-order valence-corrected chi connectivity index (χ3v) is 4.00. The van der Waals surface area contributed by atoms with E-state index in [9.17, 15) is 0 Å². The molecular weight excluding hydrogens is 314 g/mol. The summed E-state index contributed by atoms with van der Waals surface area (Å²) in [6, 6.07) is 14.7. The van der Waals surface area contributed by atoms with Gasteiger partial charge in [-0.1, -0.05) is 51.8 Å². The normalized spacial score (nSPS) is 12.2. The molecule has 1 N–H and O–H groups in total. The number of aryl methyl sites for hydroxylation is 1. The maximum Gasteiger partial charge on any atom is 0.124 e. The van der Waals surface area contributed by atoms with E-state index in [4.69, 9.17) is 4.74 Å². The van der Waals surface area contributed by atoms with E-state index < -0.39 is 0 Å². The molecule has 20 heavy (non-hydrogen) atoms. The first-order chi connectivity index (χ1) is 9.67. The molecule has 0 aliphatic heterocycles. The minimum absolute atomic E-state index is 0.104. The van der Waals surface area contributed by atoms with Crippen molar-refractivity contribution in [1.29, 1.82) is 0 Å². The molecule has 0 fully saturated rings. The predicted molar refractivity (Wildman–Crippen MR) is 87.4 cm³/mol. The second kappa shape index (κ2) is 6.91. The van der Waals surface area contributed by atoms with Gasteiger partial charge in [0.1, 0.15) is 5.75 Å². The molecule has 2 aromatic rings. The number of ether oxygens (including phenoxy) is 1. The molecule has 0 aliphatic rings. The summed E-state index contributed by atoms with van der Waals surface area (Å²) in [4.78, 5) is 0. The molecule has 0 aliphatic carbocycles. The third-order valence-electron chi connectivity index (χ3n) is 3.28. The van der Waals surface area contributed by atoms with Crippen LogP contribution in [0.4, 0.5) is 0 Å². The van der Waals surface area contributed by atoms with Crippen LogP contribution in [0.5, 0.6) is 5.75 Å². The van der Waals surface area contributed by atoms with Crippen LogP contribution in [0.25, 0.3) is 0 Å². The van der Waals surface area contributed by atoms with Crippen molar-refractivity contribution < 1.29 is 4.74 Å². The predicted octanol–water partition coefficient (Wildman–Crippen LogP) is 4.47. The van der Waals surface area contributed by atoms with Gasteiger partial charge in [0.05, 0.1) is 12.6 Å². The average Bonchev–Trinajstić information content (AvgIpc) is 2.45. The Labute approximate surface area is 129 Å². The van der Waals surface area contributed by atoms with Gasteiger partial charge in [-0.2, -0.15) is 0 Å². The van der Waals surface area contributed by atoms with Crippen molar-refractivity contribution in [2.24, 2.45) is 0 Å². The number of hydrogen-bond donors (Lipinski definition) is 1. The van der Waals surface area contributed by atoms with E-state index in [2.05, 4.69) is 52.4 Å². The van der Waals surface area contributed by atoms with Gasteiger partial charge < -0.3 is 10.1 Å². The van der Waals surface area contributed by atoms with Crippen molar-refractivity contribution in [3.63, 3.8) is 0 Å². The van der Waals surface area contributed by atoms with Crippen LogP contribution in [0.1, 0.15) is 29.7 Å². The summed E-state index contributed by atoms with van der Waals surface area (Å²) < 4.78 is 6.86. The molecule has 0 saturated carbocycles. The molecule has 2 aromatic carbocycles. The molecule has 0 radical (unpaired) electrons. The molecule has 1 unspecified atom stereocenters. The van der Waals surface area contributed by atoms with Gasteiger partial charge in [0.2, 0.25) is 0 Å². The summed E-state index contributed by atoms with van der Waals surface area (Å²) >= 11 is 3.65. The largest absolute Gasteiger partial charge is 0.494 e. The number of benzene rings is 2. The van der Waals surface area contributed by atoms with Gasteiger partial charge >= 0.3 is 0 Å². The second-order valence-electron chi connectivity index (χ2n) is 4.72. The Kier molecular flexibility index (Phi) is 5.21. The van der Waals surface area contributed by atoms with E-state index in [1.54, 1.807) is 0 Å². The van der Waals surface area contributed by atoms with Gasteiger partial charge in [-0.25, -0.2) is 0 Å². The number of rotatable bonds is 5. The SMILES string of the molecule is CCOc1ccccc1C(NC)c1cc(C)ccc1Br.